The Morgan fingerprint density at radius 1 is 0.704 bits per heavy atom. The molecule has 4 bridgehead atoms. The molecule has 308 valence electrons. The van der Waals surface area contributed by atoms with Crippen LogP contribution in [0.3, 0.4) is 0 Å². The lowest BCUT2D eigenvalue weighted by molar-refractivity contribution is -0.598. The minimum Gasteiger partial charge on any atom is -0.456 e. The third kappa shape index (κ3) is 6.00. The molecule has 7 saturated heterocycles. The molecule has 0 aromatic heterocycles. The third-order valence-electron chi connectivity index (χ3n) is 14.5. The Kier molecular flexibility index (Phi) is 9.82. The van der Waals surface area contributed by atoms with Gasteiger partial charge in [-0.05, 0) is 109 Å². The number of fused-ring (bicyclic) bond motifs is 4. The van der Waals surface area contributed by atoms with Gasteiger partial charge in [-0.15, -0.1) is 0 Å². The minimum atomic E-state index is -4.86. The number of nitrogens with zero attached hydrogens (tertiary/aromatic N) is 1. The van der Waals surface area contributed by atoms with E-state index in [1.165, 1.54) is 6.92 Å². The van der Waals surface area contributed by atoms with Crippen LogP contribution in [0.25, 0.3) is 0 Å². The van der Waals surface area contributed by atoms with Gasteiger partial charge in [0.05, 0.1) is 6.61 Å². The number of rotatable bonds is 9. The van der Waals surface area contributed by atoms with E-state index in [1.54, 1.807) is 25.8 Å². The van der Waals surface area contributed by atoms with Gasteiger partial charge in [-0.2, -0.15) is 26.3 Å². The number of halogens is 6. The molecule has 0 radical (unpaired) electrons. The van der Waals surface area contributed by atoms with Crippen LogP contribution in [0.1, 0.15) is 105 Å². The second kappa shape index (κ2) is 13.4. The van der Waals surface area contributed by atoms with Gasteiger partial charge in [0, 0.05) is 43.1 Å². The van der Waals surface area contributed by atoms with Crippen molar-refractivity contribution in [3.63, 3.8) is 0 Å². The van der Waals surface area contributed by atoms with E-state index in [0.29, 0.717) is 57.9 Å². The zero-order chi connectivity index (χ0) is 38.7. The van der Waals surface area contributed by atoms with Crippen LogP contribution in [0.2, 0.25) is 0 Å². The van der Waals surface area contributed by atoms with Gasteiger partial charge >= 0.3 is 12.4 Å². The molecule has 8 heterocycles. The van der Waals surface area contributed by atoms with E-state index in [4.69, 9.17) is 43.2 Å². The van der Waals surface area contributed by atoms with Gasteiger partial charge in [0.25, 0.3) is 5.79 Å². The molecule has 9 fully saturated rings. The van der Waals surface area contributed by atoms with Gasteiger partial charge in [0.15, 0.2) is 17.5 Å². The first-order chi connectivity index (χ1) is 25.3. The van der Waals surface area contributed by atoms with Crippen molar-refractivity contribution in [1.82, 2.24) is 4.90 Å². The highest BCUT2D eigenvalue weighted by atomic mass is 19.4. The van der Waals surface area contributed by atoms with Gasteiger partial charge in [0.1, 0.15) is 0 Å². The lowest BCUT2D eigenvalue weighted by Gasteiger charge is -2.62. The first-order valence-electron chi connectivity index (χ1n) is 19.9. The predicted octanol–water partition coefficient (Wildman–Crippen LogP) is 8.31. The molecule has 0 aromatic rings. The SMILES string of the molecule is C[C@@H]1CC[C@H]2[C@@H](C)[C@](OCCCCCN(C)CC3=C(C(F)(F)F)O[C@@H]4O[C@]5(C)CC[C@H]6[C@H](C)CC[C@@H]3[C@@]46OO5)(C(F)(F)F)O[C@@H]3O[C@]4(C)CC[C@@H]1[C@]32OO4. The molecule has 16 heteroatoms. The second-order valence-electron chi connectivity index (χ2n) is 18.0. The minimum absolute atomic E-state index is 0.0242. The molecular weight excluding hydrogens is 728 g/mol. The monoisotopic (exact) mass is 783 g/mol. The molecule has 2 saturated carbocycles. The summed E-state index contributed by atoms with van der Waals surface area (Å²) in [5.74, 6) is -8.52. The van der Waals surface area contributed by atoms with Crippen molar-refractivity contribution >= 4 is 0 Å². The summed E-state index contributed by atoms with van der Waals surface area (Å²) in [5, 5.41) is 0. The van der Waals surface area contributed by atoms with E-state index in [-0.39, 0.29) is 48.8 Å². The number of unbranched alkanes of at least 4 members (excludes halogenated alkanes) is 2. The molecule has 14 atom stereocenters. The Balaban J connectivity index is 0.924. The average Bonchev–Trinajstić information content (AvgIpc) is 3.46. The van der Waals surface area contributed by atoms with Crippen molar-refractivity contribution in [2.75, 3.05) is 26.7 Å². The fourth-order valence-electron chi connectivity index (χ4n) is 11.7. The largest absolute Gasteiger partial charge is 0.456 e. The van der Waals surface area contributed by atoms with Gasteiger partial charge in [-0.3, -0.25) is 0 Å². The molecule has 0 amide bonds. The van der Waals surface area contributed by atoms with Crippen molar-refractivity contribution in [3.8, 4) is 0 Å². The Hall–Kier alpha value is -1.24. The number of likely N-dealkylation sites (N-methyl/N-ethyl adjacent to an activating group) is 1. The molecule has 0 aromatic carbocycles. The van der Waals surface area contributed by atoms with E-state index >= 15 is 13.2 Å². The molecule has 0 N–H and O–H groups in total. The average molecular weight is 784 g/mol. The highest BCUT2D eigenvalue weighted by Crippen LogP contribution is 2.65. The standard InChI is InChI=1S/C38H55F6NO9/c1-21-10-12-27-23(3)36(38(42,43)44,50-31-34(27)25(21)14-17-33(5,49-31)52-53-34)46-19-9-7-8-18-45(6)20-24-28-13-11-22(2)26-15-16-32(4)48-30(35(26,28)54-51-32)47-29(24)37(39,40)41/h21-23,25-28,30-31H,7-20H2,1-6H3/t21-,22-,23-,25+,26+,27+,28+,30-,31+,32+,33+,34-,35-,36-/m1/s1. The quantitative estimate of drug-likeness (QED) is 0.129. The van der Waals surface area contributed by atoms with Gasteiger partial charge < -0.3 is 28.6 Å². The van der Waals surface area contributed by atoms with Crippen LogP contribution in [0.15, 0.2) is 11.3 Å². The van der Waals surface area contributed by atoms with Crippen LogP contribution < -0.4 is 0 Å². The Morgan fingerprint density at radius 2 is 1.31 bits per heavy atom. The molecule has 8 aliphatic heterocycles. The molecule has 0 unspecified atom stereocenters. The molecule has 10 aliphatic rings. The topological polar surface area (TPSA) is 86.3 Å². The molecule has 10 nitrogen and oxygen atoms in total. The molecule has 54 heavy (non-hydrogen) atoms. The smallest absolute Gasteiger partial charge is 0.449 e. The number of hydrogen-bond acceptors (Lipinski definition) is 10. The lowest BCUT2D eigenvalue weighted by atomic mass is 9.57. The van der Waals surface area contributed by atoms with Gasteiger partial charge in [-0.25, -0.2) is 19.6 Å². The lowest BCUT2D eigenvalue weighted by Crippen LogP contribution is -2.76. The van der Waals surface area contributed by atoms with Crippen LogP contribution in [0.5, 0.6) is 0 Å². The van der Waals surface area contributed by atoms with E-state index < -0.39 is 77.0 Å². The Labute approximate surface area is 312 Å². The first kappa shape index (κ1) is 39.6. The zero-order valence-corrected chi connectivity index (χ0v) is 32.0. The van der Waals surface area contributed by atoms with Crippen molar-refractivity contribution in [3.05, 3.63) is 11.3 Å². The molecule has 10 rings (SSSR count). The summed E-state index contributed by atoms with van der Waals surface area (Å²) in [6, 6.07) is 0. The van der Waals surface area contributed by atoms with Crippen LogP contribution in [-0.2, 0) is 43.2 Å². The van der Waals surface area contributed by atoms with E-state index in [0.717, 1.165) is 12.8 Å². The fourth-order valence-corrected chi connectivity index (χ4v) is 11.7. The third-order valence-corrected chi connectivity index (χ3v) is 14.5. The van der Waals surface area contributed by atoms with E-state index in [1.807, 2.05) is 0 Å². The van der Waals surface area contributed by atoms with Gasteiger partial charge in [0.2, 0.25) is 23.6 Å². The fraction of sp³-hybridized carbons (Fsp3) is 0.947. The molecular formula is C38H55F6NO9. The maximum atomic E-state index is 15.2. The normalized spacial score (nSPS) is 48.6. The van der Waals surface area contributed by atoms with E-state index in [9.17, 15) is 13.2 Å². The number of allylic oxidation sites excluding steroid dienone is 1. The molecule has 2 aliphatic carbocycles. The van der Waals surface area contributed by atoms with Crippen molar-refractivity contribution < 1.29 is 69.6 Å². The predicted molar refractivity (Wildman–Crippen MR) is 176 cm³/mol. The second-order valence-corrected chi connectivity index (χ2v) is 18.0. The van der Waals surface area contributed by atoms with Crippen LogP contribution >= 0.6 is 0 Å². The van der Waals surface area contributed by atoms with Crippen molar-refractivity contribution in [2.45, 2.75) is 159 Å². The first-order valence-corrected chi connectivity index (χ1v) is 19.9. The maximum Gasteiger partial charge on any atom is 0.449 e. The maximum absolute atomic E-state index is 15.2. The Morgan fingerprint density at radius 3 is 1.96 bits per heavy atom. The summed E-state index contributed by atoms with van der Waals surface area (Å²) < 4.78 is 119. The summed E-state index contributed by atoms with van der Waals surface area (Å²) in [7, 11) is 1.74. The van der Waals surface area contributed by atoms with Crippen molar-refractivity contribution in [2.24, 2.45) is 41.4 Å². The summed E-state index contributed by atoms with van der Waals surface area (Å²) in [6.07, 6.45) is -6.14. The summed E-state index contributed by atoms with van der Waals surface area (Å²) in [5.41, 5.74) is -2.25. The molecule has 2 spiro atoms. The zero-order valence-electron chi connectivity index (χ0n) is 32.0. The summed E-state index contributed by atoms with van der Waals surface area (Å²) >= 11 is 0. The van der Waals surface area contributed by atoms with Crippen LogP contribution in [0.4, 0.5) is 26.3 Å². The summed E-state index contributed by atoms with van der Waals surface area (Å²) in [6.45, 7) is 9.18. The highest BCUT2D eigenvalue weighted by molar-refractivity contribution is 5.29. The summed E-state index contributed by atoms with van der Waals surface area (Å²) in [4.78, 5) is 25.4. The van der Waals surface area contributed by atoms with Crippen LogP contribution in [0, 0.1) is 41.4 Å². The highest BCUT2D eigenvalue weighted by Gasteiger charge is 2.77. The van der Waals surface area contributed by atoms with Crippen molar-refractivity contribution in [1.29, 1.82) is 0 Å². The number of ether oxygens (including phenoxy) is 5. The number of alkyl halides is 6. The van der Waals surface area contributed by atoms with Crippen LogP contribution in [-0.4, -0.2) is 85.1 Å². The van der Waals surface area contributed by atoms with Gasteiger partial charge in [-0.1, -0.05) is 20.8 Å². The Bertz CT molecular complexity index is 1470. The van der Waals surface area contributed by atoms with E-state index in [2.05, 4.69) is 13.8 Å². The number of hydrogen-bond donors (Lipinski definition) is 0.